The molecule has 12 heteroatoms. The van der Waals surface area contributed by atoms with Gasteiger partial charge in [0.2, 0.25) is 0 Å². The highest BCUT2D eigenvalue weighted by Crippen LogP contribution is 2.26. The Hall–Kier alpha value is -4.68. The Labute approximate surface area is 237 Å². The third-order valence-corrected chi connectivity index (χ3v) is 8.95. The first-order valence-electron chi connectivity index (χ1n) is 12.2. The first-order chi connectivity index (χ1) is 19.2. The summed E-state index contributed by atoms with van der Waals surface area (Å²) in [5, 5.41) is 19.5. The minimum absolute atomic E-state index is 0.0252. The van der Waals surface area contributed by atoms with E-state index in [1.54, 1.807) is 24.3 Å². The summed E-state index contributed by atoms with van der Waals surface area (Å²) in [6.45, 7) is 3.61. The van der Waals surface area contributed by atoms with E-state index in [-0.39, 0.29) is 38.7 Å². The molecular formula is C29H26N2O8S2. The van der Waals surface area contributed by atoms with Crippen molar-refractivity contribution in [2.45, 2.75) is 30.1 Å². The van der Waals surface area contributed by atoms with E-state index in [1.807, 2.05) is 13.8 Å². The van der Waals surface area contributed by atoms with Crippen molar-refractivity contribution in [3.63, 3.8) is 0 Å². The lowest BCUT2D eigenvalue weighted by molar-refractivity contribution is 0.0687. The van der Waals surface area contributed by atoms with E-state index in [9.17, 15) is 36.6 Å². The third-order valence-electron chi connectivity index (χ3n) is 6.19. The van der Waals surface area contributed by atoms with Gasteiger partial charge in [-0.3, -0.25) is 9.44 Å². The molecule has 212 valence electrons. The monoisotopic (exact) mass is 594 g/mol. The van der Waals surface area contributed by atoms with E-state index in [0.29, 0.717) is 11.1 Å². The lowest BCUT2D eigenvalue weighted by atomic mass is 9.99. The largest absolute Gasteiger partial charge is 0.478 e. The molecule has 0 saturated carbocycles. The van der Waals surface area contributed by atoms with Gasteiger partial charge in [-0.1, -0.05) is 47.5 Å². The van der Waals surface area contributed by atoms with Gasteiger partial charge in [-0.15, -0.1) is 0 Å². The maximum absolute atomic E-state index is 12.8. The van der Waals surface area contributed by atoms with E-state index >= 15 is 0 Å². The van der Waals surface area contributed by atoms with Crippen LogP contribution < -0.4 is 9.44 Å². The van der Waals surface area contributed by atoms with Crippen LogP contribution in [0.2, 0.25) is 0 Å². The molecule has 0 bridgehead atoms. The number of aryl methyl sites for hydroxylation is 2. The number of aromatic carboxylic acids is 2. The third kappa shape index (κ3) is 6.91. The van der Waals surface area contributed by atoms with Gasteiger partial charge < -0.3 is 10.2 Å². The number of hydrogen-bond donors (Lipinski definition) is 4. The fraction of sp³-hybridized carbons (Fsp3) is 0.103. The van der Waals surface area contributed by atoms with Crippen LogP contribution in [-0.2, 0) is 26.5 Å². The molecule has 0 saturated heterocycles. The Morgan fingerprint density at radius 3 is 1.24 bits per heavy atom. The topological polar surface area (TPSA) is 167 Å². The van der Waals surface area contributed by atoms with Crippen LogP contribution in [0.3, 0.4) is 0 Å². The highest BCUT2D eigenvalue weighted by molar-refractivity contribution is 7.93. The van der Waals surface area contributed by atoms with Crippen molar-refractivity contribution in [2.24, 2.45) is 0 Å². The molecule has 0 unspecified atom stereocenters. The van der Waals surface area contributed by atoms with Crippen LogP contribution in [-0.4, -0.2) is 39.0 Å². The molecule has 0 aliphatic heterocycles. The van der Waals surface area contributed by atoms with Crippen molar-refractivity contribution in [3.05, 3.63) is 118 Å². The molecular weight excluding hydrogens is 568 g/mol. The van der Waals surface area contributed by atoms with Gasteiger partial charge in [0.25, 0.3) is 20.0 Å². The summed E-state index contributed by atoms with van der Waals surface area (Å²) in [6.07, 6.45) is 0.0938. The fourth-order valence-corrected chi connectivity index (χ4v) is 6.17. The number of sulfonamides is 2. The molecule has 4 aromatic rings. The van der Waals surface area contributed by atoms with Gasteiger partial charge in [-0.05, 0) is 79.9 Å². The number of carbonyl (C=O) groups is 2. The van der Waals surface area contributed by atoms with Crippen molar-refractivity contribution in [1.82, 2.24) is 0 Å². The number of benzene rings is 4. The normalized spacial score (nSPS) is 11.6. The van der Waals surface area contributed by atoms with Crippen molar-refractivity contribution in [2.75, 3.05) is 9.44 Å². The highest BCUT2D eigenvalue weighted by Gasteiger charge is 2.21. The van der Waals surface area contributed by atoms with Gasteiger partial charge in [0.1, 0.15) is 0 Å². The van der Waals surface area contributed by atoms with Gasteiger partial charge >= 0.3 is 11.9 Å². The molecule has 10 nitrogen and oxygen atoms in total. The van der Waals surface area contributed by atoms with E-state index in [4.69, 9.17) is 0 Å². The van der Waals surface area contributed by atoms with Gasteiger partial charge in [0.05, 0.1) is 32.3 Å². The predicted octanol–water partition coefficient (Wildman–Crippen LogP) is 4.89. The SMILES string of the molecule is Cc1ccc(S(=O)(=O)Nc2ccc(Cc3ccc(NS(=O)(=O)c4ccc(C)cc4)c(C(=O)O)c3)cc2C(=O)O)cc1. The summed E-state index contributed by atoms with van der Waals surface area (Å²) in [5.41, 5.74) is 1.81. The molecule has 0 spiro atoms. The lowest BCUT2D eigenvalue weighted by Crippen LogP contribution is -2.16. The summed E-state index contributed by atoms with van der Waals surface area (Å²) in [6, 6.07) is 20.4. The van der Waals surface area contributed by atoms with E-state index in [0.717, 1.165) is 11.1 Å². The van der Waals surface area contributed by atoms with E-state index in [1.165, 1.54) is 60.7 Å². The van der Waals surface area contributed by atoms with Crippen molar-refractivity contribution in [3.8, 4) is 0 Å². The zero-order valence-electron chi connectivity index (χ0n) is 22.0. The number of carboxylic acids is 2. The zero-order chi connectivity index (χ0) is 29.9. The van der Waals surface area contributed by atoms with Crippen LogP contribution in [0, 0.1) is 13.8 Å². The second-order valence-electron chi connectivity index (χ2n) is 9.38. The van der Waals surface area contributed by atoms with E-state index < -0.39 is 32.0 Å². The molecule has 4 aromatic carbocycles. The average Bonchev–Trinajstić information content (AvgIpc) is 2.90. The smallest absolute Gasteiger partial charge is 0.337 e. The average molecular weight is 595 g/mol. The molecule has 0 heterocycles. The summed E-state index contributed by atoms with van der Waals surface area (Å²) < 4.78 is 55.8. The second kappa shape index (κ2) is 11.4. The highest BCUT2D eigenvalue weighted by atomic mass is 32.2. The molecule has 0 aromatic heterocycles. The number of nitrogens with one attached hydrogen (secondary N) is 2. The van der Waals surface area contributed by atoms with Gasteiger partial charge in [-0.25, -0.2) is 26.4 Å². The Bertz CT molecular complexity index is 1710. The van der Waals surface area contributed by atoms with Crippen LogP contribution in [0.1, 0.15) is 43.0 Å². The van der Waals surface area contributed by atoms with Crippen LogP contribution in [0.15, 0.2) is 94.7 Å². The molecule has 0 atom stereocenters. The molecule has 0 radical (unpaired) electrons. The fourth-order valence-electron chi connectivity index (χ4n) is 4.01. The van der Waals surface area contributed by atoms with Crippen LogP contribution in [0.25, 0.3) is 0 Å². The summed E-state index contributed by atoms with van der Waals surface area (Å²) in [5.74, 6) is -2.72. The second-order valence-corrected chi connectivity index (χ2v) is 12.7. The lowest BCUT2D eigenvalue weighted by Gasteiger charge is -2.14. The zero-order valence-corrected chi connectivity index (χ0v) is 23.6. The predicted molar refractivity (Wildman–Crippen MR) is 154 cm³/mol. The molecule has 4 N–H and O–H groups in total. The number of hydrogen-bond acceptors (Lipinski definition) is 6. The summed E-state index contributed by atoms with van der Waals surface area (Å²) in [4.78, 5) is 23.9. The summed E-state index contributed by atoms with van der Waals surface area (Å²) >= 11 is 0. The van der Waals surface area contributed by atoms with Crippen molar-refractivity contribution >= 4 is 43.4 Å². The van der Waals surface area contributed by atoms with Crippen molar-refractivity contribution < 1.29 is 36.6 Å². The maximum Gasteiger partial charge on any atom is 0.337 e. The van der Waals surface area contributed by atoms with Gasteiger partial charge in [0, 0.05) is 0 Å². The number of carboxylic acid groups (broad SMARTS) is 2. The Kier molecular flexibility index (Phi) is 8.17. The first kappa shape index (κ1) is 29.3. The standard InChI is InChI=1S/C29H26N2O8S2/c1-18-3-9-22(10-4-18)40(36,37)30-26-13-7-20(16-24(26)28(32)33)15-21-8-14-27(25(17-21)29(34)35)31-41(38,39)23-11-5-19(2)6-12-23/h3-14,16-17,30-31H,15H2,1-2H3,(H,32,33)(H,34,35). The van der Waals surface area contributed by atoms with Crippen LogP contribution >= 0.6 is 0 Å². The van der Waals surface area contributed by atoms with Gasteiger partial charge in [0.15, 0.2) is 0 Å². The van der Waals surface area contributed by atoms with Crippen LogP contribution in [0.5, 0.6) is 0 Å². The van der Waals surface area contributed by atoms with Gasteiger partial charge in [-0.2, -0.15) is 0 Å². The Morgan fingerprint density at radius 1 is 0.585 bits per heavy atom. The maximum atomic E-state index is 12.8. The number of rotatable bonds is 10. The molecule has 0 aliphatic rings. The Balaban J connectivity index is 1.60. The Morgan fingerprint density at radius 2 is 0.927 bits per heavy atom. The van der Waals surface area contributed by atoms with Crippen molar-refractivity contribution in [1.29, 1.82) is 0 Å². The quantitative estimate of drug-likeness (QED) is 0.201. The molecule has 0 fully saturated rings. The van der Waals surface area contributed by atoms with E-state index in [2.05, 4.69) is 9.44 Å². The molecule has 0 amide bonds. The molecule has 4 rings (SSSR count). The molecule has 0 aliphatic carbocycles. The van der Waals surface area contributed by atoms with Crippen LogP contribution in [0.4, 0.5) is 11.4 Å². The minimum Gasteiger partial charge on any atom is -0.478 e. The number of anilines is 2. The first-order valence-corrected chi connectivity index (χ1v) is 15.1. The minimum atomic E-state index is -4.05. The summed E-state index contributed by atoms with van der Waals surface area (Å²) in [7, 11) is -8.10. The molecule has 41 heavy (non-hydrogen) atoms.